The van der Waals surface area contributed by atoms with Gasteiger partial charge in [0.1, 0.15) is 0 Å². The van der Waals surface area contributed by atoms with Crippen molar-refractivity contribution in [2.75, 3.05) is 18.9 Å². The number of rotatable bonds is 4. The van der Waals surface area contributed by atoms with Crippen LogP contribution in [0.15, 0.2) is 24.3 Å². The number of amides is 1. The Kier molecular flexibility index (Phi) is 4.35. The normalized spacial score (nSPS) is 10.3. The topological polar surface area (TPSA) is 32.3 Å². The number of para-hydroxylation sites is 1. The SMILES string of the molecule is CCN(C)C(=O)c1ccccc1NC(C)C. The Bertz CT molecular complexity index is 361. The van der Waals surface area contributed by atoms with Crippen molar-refractivity contribution in [2.45, 2.75) is 26.8 Å². The Morgan fingerprint density at radius 3 is 2.56 bits per heavy atom. The predicted octanol–water partition coefficient (Wildman–Crippen LogP) is 2.60. The molecule has 16 heavy (non-hydrogen) atoms. The van der Waals surface area contributed by atoms with Crippen molar-refractivity contribution in [2.24, 2.45) is 0 Å². The third kappa shape index (κ3) is 2.99. The van der Waals surface area contributed by atoms with Crippen molar-refractivity contribution in [3.8, 4) is 0 Å². The molecule has 0 unspecified atom stereocenters. The smallest absolute Gasteiger partial charge is 0.255 e. The summed E-state index contributed by atoms with van der Waals surface area (Å²) in [4.78, 5) is 13.8. The first-order chi connectivity index (χ1) is 7.56. The van der Waals surface area contributed by atoms with E-state index < -0.39 is 0 Å². The second kappa shape index (κ2) is 5.54. The Labute approximate surface area is 97.5 Å². The van der Waals surface area contributed by atoms with Crippen LogP contribution in [-0.2, 0) is 0 Å². The van der Waals surface area contributed by atoms with Crippen LogP contribution in [-0.4, -0.2) is 30.4 Å². The summed E-state index contributed by atoms with van der Waals surface area (Å²) in [6.45, 7) is 6.81. The van der Waals surface area contributed by atoms with Gasteiger partial charge in [-0.2, -0.15) is 0 Å². The molecule has 0 saturated heterocycles. The van der Waals surface area contributed by atoms with Gasteiger partial charge in [-0.1, -0.05) is 12.1 Å². The summed E-state index contributed by atoms with van der Waals surface area (Å²) in [7, 11) is 1.81. The van der Waals surface area contributed by atoms with E-state index in [1.165, 1.54) is 0 Å². The molecule has 0 heterocycles. The third-order valence-corrected chi connectivity index (χ3v) is 2.42. The second-order valence-corrected chi connectivity index (χ2v) is 4.16. The van der Waals surface area contributed by atoms with Gasteiger partial charge in [-0.05, 0) is 32.9 Å². The first-order valence-corrected chi connectivity index (χ1v) is 5.67. The Morgan fingerprint density at radius 1 is 1.38 bits per heavy atom. The predicted molar refractivity (Wildman–Crippen MR) is 67.8 cm³/mol. The molecule has 1 N–H and O–H groups in total. The van der Waals surface area contributed by atoms with E-state index in [0.29, 0.717) is 6.04 Å². The quantitative estimate of drug-likeness (QED) is 0.846. The van der Waals surface area contributed by atoms with Crippen LogP contribution in [0.5, 0.6) is 0 Å². The zero-order chi connectivity index (χ0) is 12.1. The molecule has 1 amide bonds. The third-order valence-electron chi connectivity index (χ3n) is 2.42. The van der Waals surface area contributed by atoms with Crippen molar-refractivity contribution >= 4 is 11.6 Å². The first-order valence-electron chi connectivity index (χ1n) is 5.67. The molecule has 0 atom stereocenters. The molecule has 3 heteroatoms. The van der Waals surface area contributed by atoms with Gasteiger partial charge in [-0.15, -0.1) is 0 Å². The highest BCUT2D eigenvalue weighted by molar-refractivity contribution is 5.99. The number of carbonyl (C=O) groups is 1. The molecule has 0 bridgehead atoms. The maximum Gasteiger partial charge on any atom is 0.255 e. The average Bonchev–Trinajstić information content (AvgIpc) is 2.27. The molecule has 0 aliphatic rings. The van der Waals surface area contributed by atoms with E-state index in [9.17, 15) is 4.79 Å². The number of benzene rings is 1. The lowest BCUT2D eigenvalue weighted by Crippen LogP contribution is -2.27. The van der Waals surface area contributed by atoms with E-state index in [1.54, 1.807) is 4.90 Å². The van der Waals surface area contributed by atoms with E-state index in [-0.39, 0.29) is 5.91 Å². The summed E-state index contributed by atoms with van der Waals surface area (Å²) in [5.74, 6) is 0.0613. The van der Waals surface area contributed by atoms with Crippen molar-refractivity contribution in [3.63, 3.8) is 0 Å². The highest BCUT2D eigenvalue weighted by atomic mass is 16.2. The average molecular weight is 220 g/mol. The van der Waals surface area contributed by atoms with E-state index in [4.69, 9.17) is 0 Å². The maximum atomic E-state index is 12.1. The number of nitrogens with one attached hydrogen (secondary N) is 1. The second-order valence-electron chi connectivity index (χ2n) is 4.16. The van der Waals surface area contributed by atoms with Gasteiger partial charge in [0.15, 0.2) is 0 Å². The number of carbonyl (C=O) groups excluding carboxylic acids is 1. The van der Waals surface area contributed by atoms with Gasteiger partial charge in [0.05, 0.1) is 5.56 Å². The molecule has 3 nitrogen and oxygen atoms in total. The van der Waals surface area contributed by atoms with Crippen LogP contribution >= 0.6 is 0 Å². The Morgan fingerprint density at radius 2 is 2.00 bits per heavy atom. The summed E-state index contributed by atoms with van der Waals surface area (Å²) in [6, 6.07) is 7.95. The van der Waals surface area contributed by atoms with Gasteiger partial charge < -0.3 is 10.2 Å². The zero-order valence-corrected chi connectivity index (χ0v) is 10.4. The van der Waals surface area contributed by atoms with E-state index >= 15 is 0 Å². The van der Waals surface area contributed by atoms with E-state index in [0.717, 1.165) is 17.8 Å². The van der Waals surface area contributed by atoms with Crippen molar-refractivity contribution in [1.82, 2.24) is 4.90 Å². The molecular formula is C13H20N2O. The summed E-state index contributed by atoms with van der Waals surface area (Å²) in [5.41, 5.74) is 1.64. The minimum absolute atomic E-state index is 0.0613. The van der Waals surface area contributed by atoms with Crippen LogP contribution in [0.4, 0.5) is 5.69 Å². The minimum atomic E-state index is 0.0613. The van der Waals surface area contributed by atoms with Gasteiger partial charge >= 0.3 is 0 Å². The summed E-state index contributed by atoms with van der Waals surface area (Å²) in [6.07, 6.45) is 0. The molecule has 0 fully saturated rings. The fourth-order valence-electron chi connectivity index (χ4n) is 1.46. The highest BCUT2D eigenvalue weighted by Crippen LogP contribution is 2.17. The van der Waals surface area contributed by atoms with E-state index in [2.05, 4.69) is 19.2 Å². The number of nitrogens with zero attached hydrogens (tertiary/aromatic N) is 1. The fourth-order valence-corrected chi connectivity index (χ4v) is 1.46. The molecule has 0 aromatic heterocycles. The van der Waals surface area contributed by atoms with Crippen molar-refractivity contribution in [3.05, 3.63) is 29.8 Å². The Balaban J connectivity index is 2.98. The number of hydrogen-bond acceptors (Lipinski definition) is 2. The van der Waals surface area contributed by atoms with Crippen LogP contribution in [0.1, 0.15) is 31.1 Å². The van der Waals surface area contributed by atoms with Crippen LogP contribution in [0.3, 0.4) is 0 Å². The van der Waals surface area contributed by atoms with Gasteiger partial charge in [-0.25, -0.2) is 0 Å². The number of hydrogen-bond donors (Lipinski definition) is 1. The van der Waals surface area contributed by atoms with Gasteiger partial charge in [-0.3, -0.25) is 4.79 Å². The molecule has 0 aliphatic heterocycles. The lowest BCUT2D eigenvalue weighted by molar-refractivity contribution is 0.0803. The number of anilines is 1. The molecule has 1 aromatic rings. The molecular weight excluding hydrogens is 200 g/mol. The van der Waals surface area contributed by atoms with Crippen molar-refractivity contribution in [1.29, 1.82) is 0 Å². The zero-order valence-electron chi connectivity index (χ0n) is 10.4. The van der Waals surface area contributed by atoms with Gasteiger partial charge in [0, 0.05) is 25.3 Å². The molecule has 0 aliphatic carbocycles. The van der Waals surface area contributed by atoms with E-state index in [1.807, 2.05) is 38.2 Å². The lowest BCUT2D eigenvalue weighted by Gasteiger charge is -2.19. The summed E-state index contributed by atoms with van der Waals surface area (Å²) in [5, 5.41) is 3.29. The van der Waals surface area contributed by atoms with Crippen LogP contribution in [0.25, 0.3) is 0 Å². The van der Waals surface area contributed by atoms with Crippen molar-refractivity contribution < 1.29 is 4.79 Å². The highest BCUT2D eigenvalue weighted by Gasteiger charge is 2.14. The summed E-state index contributed by atoms with van der Waals surface area (Å²) < 4.78 is 0. The Hall–Kier alpha value is -1.51. The van der Waals surface area contributed by atoms with Crippen LogP contribution in [0, 0.1) is 0 Å². The largest absolute Gasteiger partial charge is 0.382 e. The van der Waals surface area contributed by atoms with Gasteiger partial charge in [0.25, 0.3) is 5.91 Å². The fraction of sp³-hybridized carbons (Fsp3) is 0.462. The minimum Gasteiger partial charge on any atom is -0.382 e. The van der Waals surface area contributed by atoms with Gasteiger partial charge in [0.2, 0.25) is 0 Å². The molecule has 1 aromatic carbocycles. The first kappa shape index (κ1) is 12.6. The lowest BCUT2D eigenvalue weighted by atomic mass is 10.1. The molecule has 0 radical (unpaired) electrons. The maximum absolute atomic E-state index is 12.1. The molecule has 88 valence electrons. The summed E-state index contributed by atoms with van der Waals surface area (Å²) >= 11 is 0. The molecule has 0 spiro atoms. The van der Waals surface area contributed by atoms with Crippen LogP contribution in [0.2, 0.25) is 0 Å². The molecule has 1 rings (SSSR count). The molecule has 0 saturated carbocycles. The standard InChI is InChI=1S/C13H20N2O/c1-5-15(4)13(16)11-8-6-7-9-12(11)14-10(2)3/h6-10,14H,5H2,1-4H3. The monoisotopic (exact) mass is 220 g/mol. The van der Waals surface area contributed by atoms with Crippen LogP contribution < -0.4 is 5.32 Å².